The molecule has 0 spiro atoms. The van der Waals surface area contributed by atoms with E-state index in [1.165, 1.54) is 38.9 Å². The first-order valence-electron chi connectivity index (χ1n) is 10.7. The Hall–Kier alpha value is -0.130. The molecule has 0 bridgehead atoms. The molecule has 2 aliphatic heterocycles. The third kappa shape index (κ3) is 8.31. The minimum Gasteiger partial charge on any atom is -0.356 e. The van der Waals surface area contributed by atoms with Crippen LogP contribution in [0.3, 0.4) is 0 Å². The number of likely N-dealkylation sites (tertiary alicyclic amines) is 1. The van der Waals surface area contributed by atoms with Crippen molar-refractivity contribution in [2.24, 2.45) is 10.9 Å². The lowest BCUT2D eigenvalue weighted by Crippen LogP contribution is -2.50. The Bertz CT molecular complexity index is 557. The summed E-state index contributed by atoms with van der Waals surface area (Å²) >= 11 is 0. The Balaban J connectivity index is 0.00000392. The molecule has 9 heteroatoms. The van der Waals surface area contributed by atoms with Crippen LogP contribution < -0.4 is 10.6 Å². The van der Waals surface area contributed by atoms with Gasteiger partial charge in [0.2, 0.25) is 10.0 Å². The monoisotopic (exact) mass is 529 g/mol. The number of piperidine rings is 2. The Labute approximate surface area is 189 Å². The van der Waals surface area contributed by atoms with Crippen LogP contribution in [0.4, 0.5) is 0 Å². The number of nitrogens with zero attached hydrogens (tertiary/aromatic N) is 3. The summed E-state index contributed by atoms with van der Waals surface area (Å²) in [5.74, 6) is 1.91. The average Bonchev–Trinajstić information content (AvgIpc) is 2.68. The molecule has 0 amide bonds. The molecule has 2 fully saturated rings. The number of hydrogen-bond acceptors (Lipinski definition) is 4. The molecule has 2 N–H and O–H groups in total. The van der Waals surface area contributed by atoms with Crippen LogP contribution in [-0.2, 0) is 10.0 Å². The van der Waals surface area contributed by atoms with E-state index in [0.717, 1.165) is 31.3 Å². The summed E-state index contributed by atoms with van der Waals surface area (Å²) in [6.45, 7) is 9.93. The second-order valence-corrected chi connectivity index (χ2v) is 9.89. The number of nitrogens with one attached hydrogen (secondary N) is 2. The fourth-order valence-electron chi connectivity index (χ4n) is 4.04. The average molecular weight is 530 g/mol. The zero-order valence-electron chi connectivity index (χ0n) is 17.8. The van der Waals surface area contributed by atoms with Crippen LogP contribution in [0.1, 0.15) is 52.4 Å². The molecule has 28 heavy (non-hydrogen) atoms. The SMILES string of the molecule is CCCS(=O)(=O)N1CCC(NC(=NC)NCCC2CCN(CC)CC2)CC1.I. The van der Waals surface area contributed by atoms with Crippen LogP contribution in [0, 0.1) is 5.92 Å². The van der Waals surface area contributed by atoms with E-state index < -0.39 is 10.0 Å². The third-order valence-electron chi connectivity index (χ3n) is 5.87. The second kappa shape index (κ2) is 13.2. The van der Waals surface area contributed by atoms with Gasteiger partial charge in [0.15, 0.2) is 5.96 Å². The van der Waals surface area contributed by atoms with Crippen molar-refractivity contribution in [3.05, 3.63) is 0 Å². The van der Waals surface area contributed by atoms with Gasteiger partial charge >= 0.3 is 0 Å². The Morgan fingerprint density at radius 3 is 2.25 bits per heavy atom. The molecule has 0 radical (unpaired) electrons. The maximum atomic E-state index is 12.2. The summed E-state index contributed by atoms with van der Waals surface area (Å²) in [5.41, 5.74) is 0. The summed E-state index contributed by atoms with van der Waals surface area (Å²) in [6, 6.07) is 0.289. The molecule has 0 aromatic heterocycles. The van der Waals surface area contributed by atoms with E-state index >= 15 is 0 Å². The van der Waals surface area contributed by atoms with Crippen molar-refractivity contribution in [2.45, 2.75) is 58.4 Å². The van der Waals surface area contributed by atoms with E-state index in [-0.39, 0.29) is 35.8 Å². The van der Waals surface area contributed by atoms with Gasteiger partial charge in [-0.25, -0.2) is 12.7 Å². The minimum absolute atomic E-state index is 0. The van der Waals surface area contributed by atoms with Gasteiger partial charge in [-0.05, 0) is 64.1 Å². The highest BCUT2D eigenvalue weighted by Crippen LogP contribution is 2.19. The molecule has 2 heterocycles. The van der Waals surface area contributed by atoms with Gasteiger partial charge in [0, 0.05) is 32.7 Å². The molecule has 166 valence electrons. The lowest BCUT2D eigenvalue weighted by molar-refractivity contribution is 0.187. The van der Waals surface area contributed by atoms with E-state index in [9.17, 15) is 8.42 Å². The standard InChI is InChI=1S/C19H39N5O2S.HI/c1-4-16-27(25,26)24-14-9-18(10-15-24)22-19(20-3)21-11-6-17-7-12-23(5-2)13-8-17;/h17-18H,4-16H2,1-3H3,(H2,20,21,22);1H. The smallest absolute Gasteiger partial charge is 0.214 e. The van der Waals surface area contributed by atoms with Gasteiger partial charge in [-0.3, -0.25) is 4.99 Å². The van der Waals surface area contributed by atoms with E-state index in [1.54, 1.807) is 11.4 Å². The topological polar surface area (TPSA) is 77.0 Å². The highest BCUT2D eigenvalue weighted by Gasteiger charge is 2.27. The number of hydrogen-bond donors (Lipinski definition) is 2. The summed E-state index contributed by atoms with van der Waals surface area (Å²) in [7, 11) is -1.27. The molecule has 0 aromatic rings. The van der Waals surface area contributed by atoms with Crippen molar-refractivity contribution in [1.29, 1.82) is 0 Å². The first-order valence-corrected chi connectivity index (χ1v) is 12.3. The number of guanidine groups is 1. The van der Waals surface area contributed by atoms with Crippen LogP contribution in [0.5, 0.6) is 0 Å². The zero-order valence-corrected chi connectivity index (χ0v) is 21.0. The Morgan fingerprint density at radius 1 is 1.07 bits per heavy atom. The van der Waals surface area contributed by atoms with Crippen molar-refractivity contribution < 1.29 is 8.42 Å². The summed E-state index contributed by atoms with van der Waals surface area (Å²) in [6.07, 6.45) is 6.12. The molecule has 2 aliphatic rings. The highest BCUT2D eigenvalue weighted by molar-refractivity contribution is 14.0. The van der Waals surface area contributed by atoms with Crippen LogP contribution >= 0.6 is 24.0 Å². The molecule has 7 nitrogen and oxygen atoms in total. The van der Waals surface area contributed by atoms with Gasteiger partial charge in [-0.2, -0.15) is 0 Å². The van der Waals surface area contributed by atoms with E-state index in [0.29, 0.717) is 19.5 Å². The summed E-state index contributed by atoms with van der Waals surface area (Å²) in [5, 5.41) is 6.92. The predicted octanol–water partition coefficient (Wildman–Crippen LogP) is 2.10. The van der Waals surface area contributed by atoms with Crippen molar-refractivity contribution >= 4 is 40.0 Å². The molecule has 0 unspecified atom stereocenters. The van der Waals surface area contributed by atoms with Gasteiger partial charge in [-0.15, -0.1) is 24.0 Å². The lowest BCUT2D eigenvalue weighted by Gasteiger charge is -2.33. The maximum Gasteiger partial charge on any atom is 0.214 e. The second-order valence-electron chi connectivity index (χ2n) is 7.80. The number of rotatable bonds is 8. The van der Waals surface area contributed by atoms with Crippen LogP contribution in [0.25, 0.3) is 0 Å². The molecule has 0 aromatic carbocycles. The van der Waals surface area contributed by atoms with Crippen LogP contribution in [0.2, 0.25) is 0 Å². The van der Waals surface area contributed by atoms with Gasteiger partial charge in [0.25, 0.3) is 0 Å². The van der Waals surface area contributed by atoms with Crippen molar-refractivity contribution in [1.82, 2.24) is 19.8 Å². The Morgan fingerprint density at radius 2 is 1.71 bits per heavy atom. The maximum absolute atomic E-state index is 12.2. The zero-order chi connectivity index (χ0) is 19.7. The third-order valence-corrected chi connectivity index (χ3v) is 7.95. The Kier molecular flexibility index (Phi) is 12.2. The molecule has 2 saturated heterocycles. The van der Waals surface area contributed by atoms with Crippen molar-refractivity contribution in [3.8, 4) is 0 Å². The minimum atomic E-state index is -3.07. The summed E-state index contributed by atoms with van der Waals surface area (Å²) < 4.78 is 26.0. The fraction of sp³-hybridized carbons (Fsp3) is 0.947. The normalized spacial score (nSPS) is 21.3. The van der Waals surface area contributed by atoms with Gasteiger partial charge in [0.05, 0.1) is 5.75 Å². The van der Waals surface area contributed by atoms with E-state index in [1.807, 2.05) is 6.92 Å². The first-order chi connectivity index (χ1) is 13.0. The summed E-state index contributed by atoms with van der Waals surface area (Å²) in [4.78, 5) is 6.87. The quantitative estimate of drug-likeness (QED) is 0.286. The molecular formula is C19H40IN5O2S. The van der Waals surface area contributed by atoms with E-state index in [4.69, 9.17) is 0 Å². The first kappa shape index (κ1) is 25.9. The van der Waals surface area contributed by atoms with Gasteiger partial charge < -0.3 is 15.5 Å². The molecule has 0 atom stereocenters. The predicted molar refractivity (Wildman–Crippen MR) is 128 cm³/mol. The number of sulfonamides is 1. The van der Waals surface area contributed by atoms with E-state index in [2.05, 4.69) is 27.4 Å². The van der Waals surface area contributed by atoms with Crippen molar-refractivity contribution in [3.63, 3.8) is 0 Å². The fourth-order valence-corrected chi connectivity index (χ4v) is 5.58. The largest absolute Gasteiger partial charge is 0.356 e. The van der Waals surface area contributed by atoms with Gasteiger partial charge in [-0.1, -0.05) is 13.8 Å². The van der Waals surface area contributed by atoms with Crippen LogP contribution in [-0.4, -0.2) is 81.7 Å². The molecule has 0 aliphatic carbocycles. The number of halogens is 1. The molecule has 0 saturated carbocycles. The highest BCUT2D eigenvalue weighted by atomic mass is 127. The molecular weight excluding hydrogens is 489 g/mol. The molecule has 2 rings (SSSR count). The van der Waals surface area contributed by atoms with Crippen LogP contribution in [0.15, 0.2) is 4.99 Å². The van der Waals surface area contributed by atoms with Gasteiger partial charge in [0.1, 0.15) is 0 Å². The lowest BCUT2D eigenvalue weighted by atomic mass is 9.93. The van der Waals surface area contributed by atoms with Crippen molar-refractivity contribution in [2.75, 3.05) is 52.1 Å². The number of aliphatic imine (C=N–C) groups is 1.